The number of piperidine rings is 1. The van der Waals surface area contributed by atoms with Crippen LogP contribution in [0.2, 0.25) is 0 Å². The third-order valence-corrected chi connectivity index (χ3v) is 6.19. The number of carbonyl (C=O) groups excluding carboxylic acids is 3. The van der Waals surface area contributed by atoms with E-state index in [-0.39, 0.29) is 36.7 Å². The van der Waals surface area contributed by atoms with Crippen molar-refractivity contribution in [2.24, 2.45) is 5.92 Å². The lowest BCUT2D eigenvalue weighted by Crippen LogP contribution is -2.30. The number of nitrogens with one attached hydrogen (secondary N) is 2. The number of esters is 2. The van der Waals surface area contributed by atoms with Crippen molar-refractivity contribution < 1.29 is 28.4 Å². The van der Waals surface area contributed by atoms with Crippen molar-refractivity contribution >= 4 is 17.8 Å². The van der Waals surface area contributed by atoms with Gasteiger partial charge in [-0.05, 0) is 98.4 Å². The number of hydrogen-bond donors (Lipinski definition) is 2. The molecule has 2 heterocycles. The second kappa shape index (κ2) is 13.2. The van der Waals surface area contributed by atoms with Gasteiger partial charge in [-0.3, -0.25) is 14.4 Å². The van der Waals surface area contributed by atoms with Gasteiger partial charge in [-0.2, -0.15) is 4.98 Å². The van der Waals surface area contributed by atoms with Crippen molar-refractivity contribution in [3.05, 3.63) is 35.7 Å². The average molecular weight is 543 g/mol. The van der Waals surface area contributed by atoms with Crippen LogP contribution in [0.3, 0.4) is 0 Å². The average Bonchev–Trinajstić information content (AvgIpc) is 3.32. The molecule has 1 atom stereocenters. The van der Waals surface area contributed by atoms with Gasteiger partial charge in [0.05, 0.1) is 6.42 Å². The first-order chi connectivity index (χ1) is 18.3. The van der Waals surface area contributed by atoms with Gasteiger partial charge in [-0.25, -0.2) is 0 Å². The monoisotopic (exact) mass is 542 g/mol. The smallest absolute Gasteiger partial charge is 0.319 e. The van der Waals surface area contributed by atoms with Gasteiger partial charge >= 0.3 is 11.9 Å². The van der Waals surface area contributed by atoms with Crippen molar-refractivity contribution in [1.29, 1.82) is 0 Å². The number of ether oxygens (including phenoxy) is 2. The van der Waals surface area contributed by atoms with Gasteiger partial charge in [-0.15, -0.1) is 0 Å². The number of benzene rings is 1. The largest absolute Gasteiger partial charge is 0.460 e. The van der Waals surface area contributed by atoms with E-state index in [0.717, 1.165) is 32.4 Å². The molecule has 1 amide bonds. The van der Waals surface area contributed by atoms with Gasteiger partial charge in [-0.1, -0.05) is 17.3 Å². The Morgan fingerprint density at radius 3 is 2.28 bits per heavy atom. The zero-order valence-electron chi connectivity index (χ0n) is 24.0. The molecule has 0 bridgehead atoms. The maximum absolute atomic E-state index is 13.1. The molecule has 1 aromatic carbocycles. The highest BCUT2D eigenvalue weighted by molar-refractivity contribution is 5.94. The quantitative estimate of drug-likeness (QED) is 0.419. The van der Waals surface area contributed by atoms with E-state index in [1.165, 1.54) is 0 Å². The molecular formula is C29H42N4O6. The first kappa shape index (κ1) is 30.3. The molecule has 1 saturated heterocycles. The van der Waals surface area contributed by atoms with Crippen LogP contribution in [0.4, 0.5) is 0 Å². The third kappa shape index (κ3) is 10.1. The number of hydrogen-bond acceptors (Lipinski definition) is 9. The maximum atomic E-state index is 13.1. The predicted octanol–water partition coefficient (Wildman–Crippen LogP) is 4.40. The fourth-order valence-electron chi connectivity index (χ4n) is 4.33. The molecule has 2 aromatic rings. The number of aromatic nitrogens is 2. The van der Waals surface area contributed by atoms with E-state index in [2.05, 4.69) is 20.8 Å². The summed E-state index contributed by atoms with van der Waals surface area (Å²) in [6.45, 7) is 13.1. The molecule has 0 radical (unpaired) electrons. The van der Waals surface area contributed by atoms with E-state index in [9.17, 15) is 14.4 Å². The Kier molecular flexibility index (Phi) is 10.2. The van der Waals surface area contributed by atoms with E-state index in [4.69, 9.17) is 14.0 Å². The molecule has 10 heteroatoms. The Morgan fingerprint density at radius 1 is 1.03 bits per heavy atom. The van der Waals surface area contributed by atoms with Gasteiger partial charge in [0.15, 0.2) is 0 Å². The molecule has 1 aliphatic rings. The Bertz CT molecular complexity index is 1110. The van der Waals surface area contributed by atoms with Gasteiger partial charge in [0.2, 0.25) is 11.7 Å². The van der Waals surface area contributed by atoms with Gasteiger partial charge in [0.25, 0.3) is 5.91 Å². The van der Waals surface area contributed by atoms with Gasteiger partial charge < -0.3 is 24.6 Å². The molecule has 1 aromatic heterocycles. The summed E-state index contributed by atoms with van der Waals surface area (Å²) in [5.74, 6) is -0.579. The van der Waals surface area contributed by atoms with Crippen molar-refractivity contribution in [3.8, 4) is 11.4 Å². The summed E-state index contributed by atoms with van der Waals surface area (Å²) in [6, 6.07) is 6.73. The molecule has 1 aliphatic heterocycles. The summed E-state index contributed by atoms with van der Waals surface area (Å²) in [4.78, 5) is 41.9. The summed E-state index contributed by atoms with van der Waals surface area (Å²) < 4.78 is 16.5. The molecule has 214 valence electrons. The van der Waals surface area contributed by atoms with Crippen LogP contribution >= 0.6 is 0 Å². The second-order valence-corrected chi connectivity index (χ2v) is 12.0. The normalized spacial score (nSPS) is 15.4. The van der Waals surface area contributed by atoms with Crippen molar-refractivity contribution in [2.75, 3.05) is 19.6 Å². The van der Waals surface area contributed by atoms with Crippen molar-refractivity contribution in [1.82, 2.24) is 20.8 Å². The van der Waals surface area contributed by atoms with Crippen molar-refractivity contribution in [3.63, 3.8) is 0 Å². The fraction of sp³-hybridized carbons (Fsp3) is 0.621. The minimum absolute atomic E-state index is 0.0865. The first-order valence-electron chi connectivity index (χ1n) is 13.7. The molecular weight excluding hydrogens is 500 g/mol. The minimum Gasteiger partial charge on any atom is -0.460 e. The number of amides is 1. The molecule has 3 rings (SSSR count). The van der Waals surface area contributed by atoms with E-state index in [1.54, 1.807) is 45.0 Å². The van der Waals surface area contributed by atoms with Crippen LogP contribution in [-0.4, -0.2) is 58.8 Å². The molecule has 0 aliphatic carbocycles. The van der Waals surface area contributed by atoms with Crippen LogP contribution in [-0.2, 0) is 19.1 Å². The van der Waals surface area contributed by atoms with E-state index in [1.807, 2.05) is 20.8 Å². The summed E-state index contributed by atoms with van der Waals surface area (Å²) in [5, 5.41) is 10.2. The first-order valence-corrected chi connectivity index (χ1v) is 13.7. The highest BCUT2D eigenvalue weighted by atomic mass is 16.6. The topological polar surface area (TPSA) is 133 Å². The highest BCUT2D eigenvalue weighted by Crippen LogP contribution is 2.30. The molecule has 10 nitrogen and oxygen atoms in total. The van der Waals surface area contributed by atoms with Gasteiger partial charge in [0, 0.05) is 17.7 Å². The molecule has 39 heavy (non-hydrogen) atoms. The number of nitrogens with zero attached hydrogens (tertiary/aromatic N) is 2. The zero-order valence-corrected chi connectivity index (χ0v) is 24.0. The van der Waals surface area contributed by atoms with E-state index in [0.29, 0.717) is 29.3 Å². The SMILES string of the molecule is CC(C)(C)OC(=O)CCNC(=O)c1ccc(-c2noc(C(CCC3CCNCC3)C(=O)OC(C)(C)C)n2)cc1. The molecule has 2 N–H and O–H groups in total. The second-order valence-electron chi connectivity index (χ2n) is 12.0. The standard InChI is InChI=1S/C29H42N4O6/c1-28(2,3)37-23(34)15-18-31-25(35)21-10-8-20(9-11-21)24-32-26(39-33-24)22(27(36)38-29(4,5)6)12-7-19-13-16-30-17-14-19/h8-11,19,22,30H,7,12-18H2,1-6H3,(H,31,35). The molecule has 1 fully saturated rings. The van der Waals surface area contributed by atoms with Crippen LogP contribution in [0.15, 0.2) is 28.8 Å². The van der Waals surface area contributed by atoms with Crippen LogP contribution in [0.25, 0.3) is 11.4 Å². The van der Waals surface area contributed by atoms with E-state index >= 15 is 0 Å². The lowest BCUT2D eigenvalue weighted by atomic mass is 9.89. The zero-order chi connectivity index (χ0) is 28.6. The molecule has 0 spiro atoms. The Morgan fingerprint density at radius 2 is 1.67 bits per heavy atom. The van der Waals surface area contributed by atoms with E-state index < -0.39 is 17.1 Å². The summed E-state index contributed by atoms with van der Waals surface area (Å²) in [5.41, 5.74) is -0.112. The lowest BCUT2D eigenvalue weighted by molar-refractivity contribution is -0.158. The highest BCUT2D eigenvalue weighted by Gasteiger charge is 2.32. The summed E-state index contributed by atoms with van der Waals surface area (Å²) in [6.07, 6.45) is 3.70. The van der Waals surface area contributed by atoms with Crippen LogP contribution in [0.5, 0.6) is 0 Å². The summed E-state index contributed by atoms with van der Waals surface area (Å²) >= 11 is 0. The Labute approximate surface area is 230 Å². The van der Waals surface area contributed by atoms with Gasteiger partial charge in [0.1, 0.15) is 17.1 Å². The number of carbonyl (C=O) groups is 3. The Balaban J connectivity index is 1.63. The van der Waals surface area contributed by atoms with Crippen LogP contribution in [0.1, 0.15) is 95.8 Å². The lowest BCUT2D eigenvalue weighted by Gasteiger charge is -2.25. The predicted molar refractivity (Wildman–Crippen MR) is 146 cm³/mol. The minimum atomic E-state index is -0.643. The van der Waals surface area contributed by atoms with Crippen molar-refractivity contribution in [2.45, 2.75) is 90.8 Å². The maximum Gasteiger partial charge on any atom is 0.319 e. The molecule has 0 saturated carbocycles. The van der Waals surface area contributed by atoms with Crippen LogP contribution < -0.4 is 10.6 Å². The summed E-state index contributed by atoms with van der Waals surface area (Å²) in [7, 11) is 0. The number of rotatable bonds is 10. The third-order valence-electron chi connectivity index (χ3n) is 6.19. The Hall–Kier alpha value is -3.27. The fourth-order valence-corrected chi connectivity index (χ4v) is 4.33. The van der Waals surface area contributed by atoms with Crippen LogP contribution in [0, 0.1) is 5.92 Å². The molecule has 1 unspecified atom stereocenters.